The van der Waals surface area contributed by atoms with E-state index in [1.165, 1.54) is 25.7 Å². The Labute approximate surface area is 124 Å². The normalized spacial score (nSPS) is 20.2. The number of hydrogen-bond acceptors (Lipinski definition) is 3. The van der Waals surface area contributed by atoms with Crippen molar-refractivity contribution in [2.75, 3.05) is 18.0 Å². The van der Waals surface area contributed by atoms with Gasteiger partial charge in [0.25, 0.3) is 0 Å². The van der Waals surface area contributed by atoms with Crippen LogP contribution in [0.3, 0.4) is 0 Å². The van der Waals surface area contributed by atoms with Gasteiger partial charge in [-0.2, -0.15) is 0 Å². The zero-order valence-corrected chi connectivity index (χ0v) is 12.7. The molecule has 2 aliphatic rings. The molecule has 4 rings (SSSR count). The first-order chi connectivity index (χ1) is 10.1. The van der Waals surface area contributed by atoms with Crippen LogP contribution in [0.2, 0.25) is 0 Å². The first-order valence-corrected chi connectivity index (χ1v) is 7.87. The number of aryl methyl sites for hydroxylation is 1. The molecule has 0 radical (unpaired) electrons. The Morgan fingerprint density at radius 3 is 2.48 bits per heavy atom. The molecule has 0 unspecified atom stereocenters. The highest BCUT2D eigenvalue weighted by molar-refractivity contribution is 5.79. The molecule has 1 aliphatic heterocycles. The number of piperidine rings is 1. The molecular weight excluding hydrogens is 262 g/mol. The third-order valence-electron chi connectivity index (χ3n) is 5.32. The van der Waals surface area contributed by atoms with Crippen LogP contribution in [-0.2, 0) is 0 Å². The summed E-state index contributed by atoms with van der Waals surface area (Å²) in [5, 5.41) is 0.701. The van der Waals surface area contributed by atoms with E-state index >= 15 is 0 Å². The standard InChI is InChI=1S/C18H21NO2/c1-12-3-4-15-14(11-12)16(20)13(2)17(21-15)19-9-7-18(5-6-18)8-10-19/h3-4,11H,5-10H2,1-2H3. The summed E-state index contributed by atoms with van der Waals surface area (Å²) in [5.74, 6) is 0.784. The lowest BCUT2D eigenvalue weighted by atomic mass is 9.93. The van der Waals surface area contributed by atoms with Gasteiger partial charge in [-0.25, -0.2) is 0 Å². The van der Waals surface area contributed by atoms with Crippen LogP contribution in [0.1, 0.15) is 36.8 Å². The van der Waals surface area contributed by atoms with Crippen molar-refractivity contribution in [1.29, 1.82) is 0 Å². The summed E-state index contributed by atoms with van der Waals surface area (Å²) in [6.45, 7) is 5.93. The van der Waals surface area contributed by atoms with Gasteiger partial charge in [0.2, 0.25) is 5.88 Å². The second-order valence-electron chi connectivity index (χ2n) is 6.85. The Hall–Kier alpha value is -1.77. The molecule has 3 heteroatoms. The van der Waals surface area contributed by atoms with Crippen molar-refractivity contribution in [1.82, 2.24) is 0 Å². The summed E-state index contributed by atoms with van der Waals surface area (Å²) in [5.41, 5.74) is 3.30. The summed E-state index contributed by atoms with van der Waals surface area (Å²) >= 11 is 0. The number of anilines is 1. The van der Waals surface area contributed by atoms with Gasteiger partial charge in [-0.3, -0.25) is 4.79 Å². The number of benzene rings is 1. The average molecular weight is 283 g/mol. The van der Waals surface area contributed by atoms with Crippen LogP contribution < -0.4 is 10.3 Å². The minimum Gasteiger partial charge on any atom is -0.440 e. The average Bonchev–Trinajstić information content (AvgIpc) is 3.24. The molecule has 1 saturated carbocycles. The third-order valence-corrected chi connectivity index (χ3v) is 5.32. The van der Waals surface area contributed by atoms with E-state index in [0.717, 1.165) is 30.1 Å². The van der Waals surface area contributed by atoms with Crippen molar-refractivity contribution in [3.05, 3.63) is 39.5 Å². The van der Waals surface area contributed by atoms with E-state index in [1.807, 2.05) is 32.0 Å². The molecule has 1 aromatic heterocycles. The van der Waals surface area contributed by atoms with Crippen LogP contribution in [0, 0.1) is 19.3 Å². The van der Waals surface area contributed by atoms with Crippen LogP contribution >= 0.6 is 0 Å². The van der Waals surface area contributed by atoms with Gasteiger partial charge in [-0.05, 0) is 57.1 Å². The monoisotopic (exact) mass is 283 g/mol. The number of fused-ring (bicyclic) bond motifs is 1. The Morgan fingerprint density at radius 1 is 1.10 bits per heavy atom. The Bertz CT molecular complexity index is 761. The van der Waals surface area contributed by atoms with Crippen molar-refractivity contribution < 1.29 is 4.42 Å². The van der Waals surface area contributed by atoms with Crippen molar-refractivity contribution in [2.24, 2.45) is 5.41 Å². The van der Waals surface area contributed by atoms with Crippen molar-refractivity contribution in [3.63, 3.8) is 0 Å². The topological polar surface area (TPSA) is 33.5 Å². The number of rotatable bonds is 1. The molecule has 0 bridgehead atoms. The van der Waals surface area contributed by atoms with E-state index in [9.17, 15) is 4.79 Å². The van der Waals surface area contributed by atoms with Crippen LogP contribution in [0.5, 0.6) is 0 Å². The molecule has 1 spiro atoms. The summed E-state index contributed by atoms with van der Waals surface area (Å²) in [6, 6.07) is 5.84. The fourth-order valence-corrected chi connectivity index (χ4v) is 3.55. The van der Waals surface area contributed by atoms with E-state index in [4.69, 9.17) is 4.42 Å². The SMILES string of the molecule is Cc1ccc2oc(N3CCC4(CC3)CC4)c(C)c(=O)c2c1. The zero-order chi connectivity index (χ0) is 14.6. The van der Waals surface area contributed by atoms with Gasteiger partial charge in [0.05, 0.1) is 10.9 Å². The predicted octanol–water partition coefficient (Wildman–Crippen LogP) is 3.79. The third kappa shape index (κ3) is 2.06. The Morgan fingerprint density at radius 2 is 1.81 bits per heavy atom. The van der Waals surface area contributed by atoms with E-state index in [2.05, 4.69) is 4.90 Å². The molecule has 3 nitrogen and oxygen atoms in total. The van der Waals surface area contributed by atoms with E-state index < -0.39 is 0 Å². The number of hydrogen-bond donors (Lipinski definition) is 0. The quantitative estimate of drug-likeness (QED) is 0.798. The van der Waals surface area contributed by atoms with Crippen LogP contribution in [0.4, 0.5) is 5.88 Å². The molecule has 0 amide bonds. The maximum Gasteiger partial charge on any atom is 0.202 e. The molecule has 1 aliphatic carbocycles. The van der Waals surface area contributed by atoms with Gasteiger partial charge in [0.15, 0.2) is 5.43 Å². The molecule has 21 heavy (non-hydrogen) atoms. The lowest BCUT2D eigenvalue weighted by Gasteiger charge is -2.33. The lowest BCUT2D eigenvalue weighted by molar-refractivity contribution is 0.371. The Kier molecular flexibility index (Phi) is 2.69. The highest BCUT2D eigenvalue weighted by Crippen LogP contribution is 2.54. The lowest BCUT2D eigenvalue weighted by Crippen LogP contribution is -2.35. The van der Waals surface area contributed by atoms with Crippen LogP contribution in [0.25, 0.3) is 11.0 Å². The molecule has 2 aromatic rings. The minimum absolute atomic E-state index is 0.113. The van der Waals surface area contributed by atoms with Crippen LogP contribution in [-0.4, -0.2) is 13.1 Å². The molecular formula is C18H21NO2. The molecule has 0 atom stereocenters. The van der Waals surface area contributed by atoms with E-state index in [0.29, 0.717) is 16.4 Å². The van der Waals surface area contributed by atoms with E-state index in [-0.39, 0.29) is 5.43 Å². The molecule has 1 aromatic carbocycles. The second kappa shape index (κ2) is 4.36. The number of nitrogens with zero attached hydrogens (tertiary/aromatic N) is 1. The minimum atomic E-state index is 0.113. The second-order valence-corrected chi connectivity index (χ2v) is 6.85. The summed E-state index contributed by atoms with van der Waals surface area (Å²) in [6.07, 6.45) is 5.26. The van der Waals surface area contributed by atoms with Gasteiger partial charge >= 0.3 is 0 Å². The Balaban J connectivity index is 1.76. The largest absolute Gasteiger partial charge is 0.440 e. The molecule has 2 heterocycles. The van der Waals surface area contributed by atoms with E-state index in [1.54, 1.807) is 0 Å². The predicted molar refractivity (Wildman–Crippen MR) is 85.1 cm³/mol. The van der Waals surface area contributed by atoms with Gasteiger partial charge < -0.3 is 9.32 Å². The maximum atomic E-state index is 12.6. The smallest absolute Gasteiger partial charge is 0.202 e. The van der Waals surface area contributed by atoms with Gasteiger partial charge in [0, 0.05) is 13.1 Å². The molecule has 1 saturated heterocycles. The van der Waals surface area contributed by atoms with Gasteiger partial charge in [-0.1, -0.05) is 11.6 Å². The van der Waals surface area contributed by atoms with Crippen molar-refractivity contribution >= 4 is 16.9 Å². The van der Waals surface area contributed by atoms with Crippen molar-refractivity contribution in [3.8, 4) is 0 Å². The molecule has 110 valence electrons. The zero-order valence-electron chi connectivity index (χ0n) is 12.7. The van der Waals surface area contributed by atoms with Crippen LogP contribution in [0.15, 0.2) is 27.4 Å². The fourth-order valence-electron chi connectivity index (χ4n) is 3.55. The van der Waals surface area contributed by atoms with Gasteiger partial charge in [-0.15, -0.1) is 0 Å². The molecule has 0 N–H and O–H groups in total. The fraction of sp³-hybridized carbons (Fsp3) is 0.500. The highest BCUT2D eigenvalue weighted by atomic mass is 16.4. The highest BCUT2D eigenvalue weighted by Gasteiger charge is 2.44. The van der Waals surface area contributed by atoms with Gasteiger partial charge in [0.1, 0.15) is 5.58 Å². The first kappa shape index (κ1) is 12.9. The van der Waals surface area contributed by atoms with Crippen molar-refractivity contribution in [2.45, 2.75) is 39.5 Å². The summed E-state index contributed by atoms with van der Waals surface area (Å²) < 4.78 is 6.08. The maximum absolute atomic E-state index is 12.6. The molecule has 2 fully saturated rings. The summed E-state index contributed by atoms with van der Waals surface area (Å²) in [4.78, 5) is 14.9. The summed E-state index contributed by atoms with van der Waals surface area (Å²) in [7, 11) is 0. The first-order valence-electron chi connectivity index (χ1n) is 7.87.